The van der Waals surface area contributed by atoms with E-state index in [1.165, 1.54) is 6.08 Å². The Morgan fingerprint density at radius 3 is 2.74 bits per heavy atom. The highest BCUT2D eigenvalue weighted by Gasteiger charge is 2.09. The van der Waals surface area contributed by atoms with E-state index in [0.717, 1.165) is 18.5 Å². The van der Waals surface area contributed by atoms with Gasteiger partial charge in [0.15, 0.2) is 11.6 Å². The molecule has 0 aliphatic rings. The summed E-state index contributed by atoms with van der Waals surface area (Å²) < 4.78 is 41.7. The molecule has 1 amide bonds. The Labute approximate surface area is 203 Å². The van der Waals surface area contributed by atoms with Gasteiger partial charge >= 0.3 is 0 Å². The molecule has 0 fully saturated rings. The zero-order valence-electron chi connectivity index (χ0n) is 19.4. The molecule has 0 radical (unpaired) electrons. The fourth-order valence-electron chi connectivity index (χ4n) is 2.59. The predicted octanol–water partition coefficient (Wildman–Crippen LogP) is 3.95. The highest BCUT2D eigenvalue weighted by Crippen LogP contribution is 2.22. The fraction of sp³-hybridized carbons (Fsp3) is 0.261. The molecule has 0 atom stereocenters. The van der Waals surface area contributed by atoms with E-state index >= 15 is 0 Å². The van der Waals surface area contributed by atoms with Crippen molar-refractivity contribution in [3.05, 3.63) is 61.1 Å². The van der Waals surface area contributed by atoms with Crippen molar-refractivity contribution in [2.45, 2.75) is 19.8 Å². The lowest BCUT2D eigenvalue weighted by molar-refractivity contribution is -0.111. The van der Waals surface area contributed by atoms with Gasteiger partial charge in [-0.3, -0.25) is 10.2 Å². The van der Waals surface area contributed by atoms with E-state index in [0.29, 0.717) is 23.5 Å². The van der Waals surface area contributed by atoms with E-state index in [1.807, 2.05) is 6.92 Å². The van der Waals surface area contributed by atoms with Gasteiger partial charge in [-0.1, -0.05) is 19.6 Å². The molecule has 12 heteroatoms. The quantitative estimate of drug-likeness (QED) is 0.172. The molecule has 0 saturated heterocycles. The summed E-state index contributed by atoms with van der Waals surface area (Å²) in [6, 6.07) is 6.63. The summed E-state index contributed by atoms with van der Waals surface area (Å²) in [7, 11) is -3.07. The Morgan fingerprint density at radius 2 is 2.06 bits per heavy atom. The van der Waals surface area contributed by atoms with Crippen LogP contribution in [0.5, 0.6) is 0 Å². The molecule has 35 heavy (non-hydrogen) atoms. The summed E-state index contributed by atoms with van der Waals surface area (Å²) in [4.78, 5) is 23.8. The first kappa shape index (κ1) is 27.3. The molecule has 1 aromatic heterocycles. The van der Waals surface area contributed by atoms with Gasteiger partial charge in [0.25, 0.3) is 5.95 Å². The van der Waals surface area contributed by atoms with Crippen molar-refractivity contribution in [1.82, 2.24) is 9.97 Å². The molecule has 10 nitrogen and oxygen atoms in total. The van der Waals surface area contributed by atoms with Crippen molar-refractivity contribution in [3.63, 3.8) is 0 Å². The minimum absolute atomic E-state index is 0.00659. The van der Waals surface area contributed by atoms with Crippen LogP contribution in [-0.4, -0.2) is 54.5 Å². The van der Waals surface area contributed by atoms with Crippen molar-refractivity contribution in [3.8, 4) is 0 Å². The number of carbonyl (C=O) groups excluding carboxylic acids is 1. The topological polar surface area (TPSA) is 146 Å². The number of amides is 1. The van der Waals surface area contributed by atoms with Gasteiger partial charge in [0.2, 0.25) is 11.8 Å². The molecule has 0 aliphatic heterocycles. The molecule has 0 unspecified atom stereocenters. The molecule has 0 bridgehead atoms. The Bertz CT molecular complexity index is 1240. The summed E-state index contributed by atoms with van der Waals surface area (Å²) in [5, 5.41) is 13.2. The van der Waals surface area contributed by atoms with Crippen molar-refractivity contribution < 1.29 is 22.3 Å². The highest BCUT2D eigenvalue weighted by atomic mass is 32.2. The monoisotopic (exact) mass is 502 g/mol. The maximum Gasteiger partial charge on any atom is 0.251 e. The van der Waals surface area contributed by atoms with Crippen LogP contribution in [0, 0.1) is 11.2 Å². The highest BCUT2D eigenvalue weighted by molar-refractivity contribution is 7.90. The van der Waals surface area contributed by atoms with Crippen LogP contribution in [0.2, 0.25) is 0 Å². The van der Waals surface area contributed by atoms with Gasteiger partial charge in [0, 0.05) is 29.4 Å². The van der Waals surface area contributed by atoms with E-state index in [9.17, 15) is 17.6 Å². The molecular weight excluding hydrogens is 475 g/mol. The van der Waals surface area contributed by atoms with Crippen LogP contribution in [0.25, 0.3) is 0 Å². The van der Waals surface area contributed by atoms with Crippen LogP contribution < -0.4 is 10.6 Å². The standard InChI is InChI=1S/C23H27FN6O4S/c1-4-16(10-11-20(25)34-12-7-13-35(3,32)33)29-23-26-15-19(24)22(30-23)28-18-9-6-8-17(14-18)27-21(31)5-2/h5-6,8-11,14-15,25H,2,4,7,12-13H2,1,3H3,(H,27,31)(H,26,28,30)/b11-10-,25-20?,29-16?. The number of rotatable bonds is 12. The number of ether oxygens (including phenoxy) is 1. The van der Waals surface area contributed by atoms with E-state index in [4.69, 9.17) is 10.1 Å². The van der Waals surface area contributed by atoms with Gasteiger partial charge in [-0.2, -0.15) is 4.98 Å². The Kier molecular flexibility index (Phi) is 10.2. The first-order valence-electron chi connectivity index (χ1n) is 10.6. The molecule has 0 aliphatic carbocycles. The number of anilines is 3. The number of nitrogens with zero attached hydrogens (tertiary/aromatic N) is 3. The summed E-state index contributed by atoms with van der Waals surface area (Å²) in [5.41, 5.74) is 1.49. The second-order valence-electron chi connectivity index (χ2n) is 7.25. The van der Waals surface area contributed by atoms with Crippen LogP contribution in [0.15, 0.2) is 60.3 Å². The number of halogens is 1. The second-order valence-corrected chi connectivity index (χ2v) is 9.51. The van der Waals surface area contributed by atoms with Crippen molar-refractivity contribution >= 4 is 50.5 Å². The average Bonchev–Trinajstić information content (AvgIpc) is 2.81. The van der Waals surface area contributed by atoms with Crippen LogP contribution in [0.4, 0.5) is 27.5 Å². The predicted molar refractivity (Wildman–Crippen MR) is 135 cm³/mol. The lowest BCUT2D eigenvalue weighted by atomic mass is 10.2. The number of aliphatic imine (C=N–C) groups is 1. The second kappa shape index (κ2) is 13.1. The molecule has 0 spiro atoms. The Balaban J connectivity index is 2.08. The summed E-state index contributed by atoms with van der Waals surface area (Å²) in [5.74, 6) is -1.33. The van der Waals surface area contributed by atoms with E-state index in [-0.39, 0.29) is 42.4 Å². The summed E-state index contributed by atoms with van der Waals surface area (Å²) in [6.45, 7) is 5.34. The van der Waals surface area contributed by atoms with Gasteiger partial charge in [-0.25, -0.2) is 22.8 Å². The van der Waals surface area contributed by atoms with Crippen LogP contribution >= 0.6 is 0 Å². The first-order chi connectivity index (χ1) is 16.6. The SMILES string of the molecule is C=CC(=O)Nc1cccc(Nc2nc(N=C(/C=C\C(=N)OCCCS(C)(=O)=O)CC)ncc2F)c1. The van der Waals surface area contributed by atoms with Crippen molar-refractivity contribution in [2.24, 2.45) is 4.99 Å². The first-order valence-corrected chi connectivity index (χ1v) is 12.6. The van der Waals surface area contributed by atoms with E-state index in [1.54, 1.807) is 30.3 Å². The van der Waals surface area contributed by atoms with Crippen LogP contribution in [0.3, 0.4) is 0 Å². The van der Waals surface area contributed by atoms with Crippen LogP contribution in [0.1, 0.15) is 19.8 Å². The maximum absolute atomic E-state index is 14.3. The number of allylic oxidation sites excluding steroid dienone is 1. The zero-order valence-corrected chi connectivity index (χ0v) is 20.2. The van der Waals surface area contributed by atoms with Gasteiger partial charge in [0.05, 0.1) is 18.6 Å². The summed E-state index contributed by atoms with van der Waals surface area (Å²) >= 11 is 0. The third-order valence-electron chi connectivity index (χ3n) is 4.26. The zero-order chi connectivity index (χ0) is 25.8. The average molecular weight is 503 g/mol. The minimum atomic E-state index is -3.07. The van der Waals surface area contributed by atoms with Gasteiger partial charge in [-0.15, -0.1) is 0 Å². The third-order valence-corrected chi connectivity index (χ3v) is 5.29. The number of hydrogen-bond donors (Lipinski definition) is 3. The van der Waals surface area contributed by atoms with Crippen molar-refractivity contribution in [1.29, 1.82) is 5.41 Å². The molecule has 1 aromatic carbocycles. The van der Waals surface area contributed by atoms with Gasteiger partial charge < -0.3 is 15.4 Å². The largest absolute Gasteiger partial charge is 0.478 e. The van der Waals surface area contributed by atoms with E-state index < -0.39 is 15.7 Å². The summed E-state index contributed by atoms with van der Waals surface area (Å²) in [6.07, 6.45) is 6.96. The molecule has 186 valence electrons. The molecule has 1 heterocycles. The number of benzene rings is 1. The number of carbonyl (C=O) groups is 1. The number of aromatic nitrogens is 2. The smallest absolute Gasteiger partial charge is 0.251 e. The van der Waals surface area contributed by atoms with Gasteiger partial charge in [-0.05, 0) is 43.2 Å². The number of sulfone groups is 1. The Morgan fingerprint density at radius 1 is 1.31 bits per heavy atom. The van der Waals surface area contributed by atoms with Crippen molar-refractivity contribution in [2.75, 3.05) is 29.2 Å². The van der Waals surface area contributed by atoms with Gasteiger partial charge in [0.1, 0.15) is 9.84 Å². The fourth-order valence-corrected chi connectivity index (χ4v) is 3.23. The van der Waals surface area contributed by atoms with E-state index in [2.05, 4.69) is 32.2 Å². The molecule has 2 aromatic rings. The van der Waals surface area contributed by atoms with Crippen LogP contribution in [-0.2, 0) is 19.4 Å². The molecule has 2 rings (SSSR count). The molecule has 0 saturated carbocycles. The minimum Gasteiger partial charge on any atom is -0.478 e. The number of nitrogens with one attached hydrogen (secondary N) is 3. The number of hydrogen-bond acceptors (Lipinski definition) is 9. The molecular formula is C23H27FN6O4S. The lowest BCUT2D eigenvalue weighted by Gasteiger charge is -2.09. The normalized spacial score (nSPS) is 11.8. The molecule has 3 N–H and O–H groups in total. The maximum atomic E-state index is 14.3. The third kappa shape index (κ3) is 10.3. The Hall–Kier alpha value is -3.93. The lowest BCUT2D eigenvalue weighted by Crippen LogP contribution is -2.09.